The Morgan fingerprint density at radius 1 is 0.944 bits per heavy atom. The van der Waals surface area contributed by atoms with E-state index in [0.717, 1.165) is 49.7 Å². The number of carbonyl (C=O) groups is 3. The molecule has 3 heterocycles. The van der Waals surface area contributed by atoms with E-state index < -0.39 is 47.6 Å². The predicted octanol–water partition coefficient (Wildman–Crippen LogP) is 4.15. The first-order chi connectivity index (χ1) is 26.3. The smallest absolute Gasteiger partial charge is 0.327 e. The maximum Gasteiger partial charge on any atom is 0.327 e. The Morgan fingerprint density at radius 2 is 1.69 bits per heavy atom. The van der Waals surface area contributed by atoms with Crippen LogP contribution in [0.1, 0.15) is 98.7 Å². The van der Waals surface area contributed by atoms with Crippen molar-refractivity contribution in [2.45, 2.75) is 121 Å². The highest BCUT2D eigenvalue weighted by Gasteiger charge is 2.76. The van der Waals surface area contributed by atoms with Crippen LogP contribution in [0.4, 0.5) is 0 Å². The van der Waals surface area contributed by atoms with E-state index in [1.54, 1.807) is 29.3 Å². The summed E-state index contributed by atoms with van der Waals surface area (Å²) in [5.74, 6) is -2.08. The summed E-state index contributed by atoms with van der Waals surface area (Å²) >= 11 is 0. The topological polar surface area (TPSA) is 165 Å². The highest BCUT2D eigenvalue weighted by Crippen LogP contribution is 2.58. The van der Waals surface area contributed by atoms with Crippen LogP contribution in [0, 0.1) is 5.41 Å². The van der Waals surface area contributed by atoms with Gasteiger partial charge in [-0.05, 0) is 47.7 Å². The maximum atomic E-state index is 14.8. The minimum atomic E-state index is -1.34. The van der Waals surface area contributed by atoms with Crippen molar-refractivity contribution in [1.82, 2.24) is 15.7 Å². The van der Waals surface area contributed by atoms with Gasteiger partial charge >= 0.3 is 5.97 Å². The maximum absolute atomic E-state index is 14.8. The van der Waals surface area contributed by atoms with Crippen molar-refractivity contribution >= 4 is 23.9 Å². The zero-order valence-corrected chi connectivity index (χ0v) is 31.4. The minimum absolute atomic E-state index is 0.0700. The molecule has 6 atom stereocenters. The summed E-state index contributed by atoms with van der Waals surface area (Å²) < 4.78 is 25.2. The van der Waals surface area contributed by atoms with E-state index in [-0.39, 0.29) is 57.7 Å². The lowest BCUT2D eigenvalue weighted by molar-refractivity contribution is -0.224. The number of amides is 2. The predicted molar refractivity (Wildman–Crippen MR) is 198 cm³/mol. The lowest BCUT2D eigenvalue weighted by atomic mass is 9.62. The number of aliphatic hydroxyl groups excluding tert-OH is 2. The first-order valence-electron chi connectivity index (χ1n) is 19.5. The molecule has 1 aliphatic carbocycles. The van der Waals surface area contributed by atoms with Gasteiger partial charge in [-0.1, -0.05) is 75.9 Å². The van der Waals surface area contributed by atoms with Crippen molar-refractivity contribution in [1.29, 1.82) is 0 Å². The number of ether oxygens (including phenoxy) is 4. The number of benzene rings is 2. The van der Waals surface area contributed by atoms with E-state index in [1.807, 2.05) is 30.3 Å². The van der Waals surface area contributed by atoms with E-state index in [0.29, 0.717) is 24.0 Å². The van der Waals surface area contributed by atoms with Crippen LogP contribution >= 0.6 is 0 Å². The van der Waals surface area contributed by atoms with Crippen LogP contribution in [0.3, 0.4) is 0 Å². The normalized spacial score (nSPS) is 26.7. The van der Waals surface area contributed by atoms with Gasteiger partial charge in [-0.2, -0.15) is 5.06 Å². The summed E-state index contributed by atoms with van der Waals surface area (Å²) in [6.45, 7) is 4.74. The number of hydrogen-bond donors (Lipinski definition) is 4. The van der Waals surface area contributed by atoms with Gasteiger partial charge in [0.15, 0.2) is 11.8 Å². The summed E-state index contributed by atoms with van der Waals surface area (Å²) in [5, 5.41) is 25.4. The Morgan fingerprint density at radius 3 is 2.39 bits per heavy atom. The minimum Gasteiger partial charge on any atom is -0.499 e. The fraction of sp³-hybridized carbons (Fsp3) is 0.585. The molecular formula is C41H55N3O10. The second-order valence-corrected chi connectivity index (χ2v) is 14.7. The van der Waals surface area contributed by atoms with Gasteiger partial charge in [0.05, 0.1) is 26.0 Å². The first-order valence-corrected chi connectivity index (χ1v) is 19.5. The Labute approximate surface area is 317 Å². The standard InChI is InChI=1S/C41H55N3O10/c1-3-5-7-17-40(18-8-6-4-2)52-33-32-25-41(39(49)43-26-30-10-9-11-31(24-30)37(47)42-19-20-45)35(38(48)51-32)44(54-36(41)34(33)53-40)27-29-14-12-28(13-15-29)16-22-50-23-21-46/h9-16,22,24,32-36,45-46H,3-8,17-21,23,25-27H2,1-2H3,(H,42,47)(H,43,49)/t32-,33+,34+,35+,36-,41+/m1/s1. The van der Waals surface area contributed by atoms with Crippen molar-refractivity contribution in [3.63, 3.8) is 0 Å². The van der Waals surface area contributed by atoms with Crippen molar-refractivity contribution in [2.24, 2.45) is 5.41 Å². The van der Waals surface area contributed by atoms with Crippen molar-refractivity contribution in [3.05, 3.63) is 77.0 Å². The lowest BCUT2D eigenvalue weighted by Gasteiger charge is -2.48. The fourth-order valence-electron chi connectivity index (χ4n) is 8.30. The zero-order valence-electron chi connectivity index (χ0n) is 31.4. The molecule has 6 rings (SSSR count). The lowest BCUT2D eigenvalue weighted by Crippen LogP contribution is -2.69. The summed E-state index contributed by atoms with van der Waals surface area (Å²) in [5.41, 5.74) is 1.52. The second-order valence-electron chi connectivity index (χ2n) is 14.7. The molecule has 2 aromatic carbocycles. The molecule has 0 unspecified atom stereocenters. The van der Waals surface area contributed by atoms with E-state index in [9.17, 15) is 14.4 Å². The van der Waals surface area contributed by atoms with Crippen LogP contribution in [0.5, 0.6) is 0 Å². The van der Waals surface area contributed by atoms with Gasteiger partial charge in [0, 0.05) is 37.9 Å². The van der Waals surface area contributed by atoms with E-state index in [2.05, 4.69) is 24.5 Å². The number of unbranched alkanes of at least 4 members (excludes halogenated alkanes) is 4. The summed E-state index contributed by atoms with van der Waals surface area (Å²) in [7, 11) is 0. The van der Waals surface area contributed by atoms with Crippen molar-refractivity contribution in [3.8, 4) is 0 Å². The Hall–Kier alpha value is -3.85. The molecule has 54 heavy (non-hydrogen) atoms. The molecule has 3 saturated heterocycles. The average molecular weight is 750 g/mol. The molecule has 0 aromatic heterocycles. The molecule has 13 heteroatoms. The van der Waals surface area contributed by atoms with Crippen LogP contribution < -0.4 is 10.6 Å². The molecule has 4 aliphatic rings. The van der Waals surface area contributed by atoms with Gasteiger partial charge in [-0.25, -0.2) is 0 Å². The van der Waals surface area contributed by atoms with Gasteiger partial charge in [-0.15, -0.1) is 0 Å². The van der Waals surface area contributed by atoms with Crippen LogP contribution in [0.2, 0.25) is 0 Å². The van der Waals surface area contributed by atoms with Crippen molar-refractivity contribution in [2.75, 3.05) is 26.4 Å². The number of carbonyl (C=O) groups excluding carboxylic acids is 3. The molecule has 0 radical (unpaired) electrons. The molecule has 0 spiro atoms. The Balaban J connectivity index is 1.29. The fourth-order valence-corrected chi connectivity index (χ4v) is 8.30. The molecule has 3 aliphatic heterocycles. The number of aliphatic hydroxyl groups is 2. The molecule has 1 saturated carbocycles. The van der Waals surface area contributed by atoms with Crippen molar-refractivity contribution < 1.29 is 48.4 Å². The van der Waals surface area contributed by atoms with Crippen LogP contribution in [-0.2, 0) is 46.5 Å². The molecule has 4 fully saturated rings. The van der Waals surface area contributed by atoms with Gasteiger partial charge < -0.3 is 39.8 Å². The number of esters is 1. The van der Waals surface area contributed by atoms with Gasteiger partial charge in [0.25, 0.3) is 5.91 Å². The number of nitrogens with zero attached hydrogens (tertiary/aromatic N) is 1. The molecule has 2 bridgehead atoms. The SMILES string of the molecule is CCCCCC1(CCCCC)O[C@@H]2[C@H](O1)[C@H]1ON(Cc3ccc(C=COCCO)cc3)[C@H]3C(=O)O[C@@H]2C[C@@]13C(=O)NCc1cccc(C(=O)NCCO)c1. The summed E-state index contributed by atoms with van der Waals surface area (Å²) in [4.78, 5) is 48.2. The largest absolute Gasteiger partial charge is 0.499 e. The second kappa shape index (κ2) is 18.2. The number of hydrogen-bond acceptors (Lipinski definition) is 11. The zero-order chi connectivity index (χ0) is 38.1. The number of rotatable bonds is 20. The monoisotopic (exact) mass is 749 g/mol. The van der Waals surface area contributed by atoms with Crippen LogP contribution in [-0.4, -0.2) is 95.7 Å². The van der Waals surface area contributed by atoms with Crippen LogP contribution in [0.25, 0.3) is 6.08 Å². The highest BCUT2D eigenvalue weighted by molar-refractivity contribution is 5.95. The third-order valence-electron chi connectivity index (χ3n) is 10.9. The highest BCUT2D eigenvalue weighted by atomic mass is 16.8. The molecule has 2 amide bonds. The Bertz CT molecular complexity index is 1610. The van der Waals surface area contributed by atoms with E-state index >= 15 is 0 Å². The third kappa shape index (κ3) is 8.51. The third-order valence-corrected chi connectivity index (χ3v) is 10.9. The van der Waals surface area contributed by atoms with Crippen LogP contribution in [0.15, 0.2) is 54.8 Å². The molecule has 294 valence electrons. The Kier molecular flexibility index (Phi) is 13.4. The first kappa shape index (κ1) is 39.8. The number of hydroxylamine groups is 2. The average Bonchev–Trinajstić information content (AvgIpc) is 3.74. The molecular weight excluding hydrogens is 694 g/mol. The van der Waals surface area contributed by atoms with E-state index in [4.69, 9.17) is 34.0 Å². The van der Waals surface area contributed by atoms with Gasteiger partial charge in [0.1, 0.15) is 36.4 Å². The number of fused-ring (bicyclic) bond motifs is 4. The van der Waals surface area contributed by atoms with Gasteiger partial charge in [0.2, 0.25) is 5.91 Å². The quantitative estimate of drug-likeness (QED) is 0.0874. The number of nitrogens with one attached hydrogen (secondary N) is 2. The van der Waals surface area contributed by atoms with E-state index in [1.165, 1.54) is 6.26 Å². The molecule has 2 aromatic rings. The summed E-state index contributed by atoms with van der Waals surface area (Å²) in [6, 6.07) is 13.6. The summed E-state index contributed by atoms with van der Waals surface area (Å²) in [6.07, 6.45) is 8.20. The van der Waals surface area contributed by atoms with Gasteiger partial charge in [-0.3, -0.25) is 19.2 Å². The molecule has 13 nitrogen and oxygen atoms in total. The molecule has 4 N–H and O–H groups in total.